The standard InChI is InChI=1S/C14H10IN3O3S2/c15-8-1-6-12-11(7-8)13(19)18(14(22)17-12)9-2-4-10(5-3-9)23(16,20)21/h1-7H,(H,17,22)(H2,16,20,21). The molecule has 3 aromatic rings. The predicted molar refractivity (Wildman–Crippen MR) is 98.8 cm³/mol. The zero-order valence-electron chi connectivity index (χ0n) is 11.5. The Bertz CT molecular complexity index is 1130. The van der Waals surface area contributed by atoms with Crippen LogP contribution >= 0.6 is 34.8 Å². The Kier molecular flexibility index (Phi) is 4.12. The van der Waals surface area contributed by atoms with Crippen molar-refractivity contribution in [3.8, 4) is 5.69 Å². The molecule has 0 aliphatic heterocycles. The minimum absolute atomic E-state index is 0.0282. The summed E-state index contributed by atoms with van der Waals surface area (Å²) in [5.74, 6) is 0. The summed E-state index contributed by atoms with van der Waals surface area (Å²) in [5.41, 5.74) is 0.841. The summed E-state index contributed by atoms with van der Waals surface area (Å²) in [6, 6.07) is 11.1. The van der Waals surface area contributed by atoms with Gasteiger partial charge in [0, 0.05) is 3.57 Å². The minimum atomic E-state index is -3.78. The van der Waals surface area contributed by atoms with Gasteiger partial charge in [-0.15, -0.1) is 0 Å². The van der Waals surface area contributed by atoms with Crippen LogP contribution in [0.4, 0.5) is 0 Å². The summed E-state index contributed by atoms with van der Waals surface area (Å²) >= 11 is 7.37. The molecule has 0 saturated heterocycles. The van der Waals surface area contributed by atoms with Crippen molar-refractivity contribution in [1.82, 2.24) is 9.55 Å². The maximum Gasteiger partial charge on any atom is 0.266 e. The van der Waals surface area contributed by atoms with Crippen LogP contribution in [0.2, 0.25) is 0 Å². The minimum Gasteiger partial charge on any atom is -0.331 e. The highest BCUT2D eigenvalue weighted by atomic mass is 127. The Hall–Kier alpha value is -1.56. The highest BCUT2D eigenvalue weighted by Crippen LogP contribution is 2.15. The van der Waals surface area contributed by atoms with E-state index in [0.717, 1.165) is 3.57 Å². The lowest BCUT2D eigenvalue weighted by molar-refractivity contribution is 0.598. The highest BCUT2D eigenvalue weighted by Gasteiger charge is 2.11. The van der Waals surface area contributed by atoms with E-state index >= 15 is 0 Å². The molecule has 3 N–H and O–H groups in total. The average Bonchev–Trinajstić information content (AvgIpc) is 2.48. The van der Waals surface area contributed by atoms with Gasteiger partial charge in [0.05, 0.1) is 21.5 Å². The molecule has 0 aliphatic rings. The predicted octanol–water partition coefficient (Wildman–Crippen LogP) is 2.30. The second-order valence-corrected chi connectivity index (χ2v) is 7.99. The monoisotopic (exact) mass is 459 g/mol. The number of rotatable bonds is 2. The van der Waals surface area contributed by atoms with Crippen LogP contribution in [0.1, 0.15) is 0 Å². The SMILES string of the molecule is NS(=O)(=O)c1ccc(-n2c(=S)[nH]c3ccc(I)cc3c2=O)cc1. The van der Waals surface area contributed by atoms with Crippen molar-refractivity contribution in [2.75, 3.05) is 0 Å². The second-order valence-electron chi connectivity index (χ2n) is 4.80. The van der Waals surface area contributed by atoms with Gasteiger partial charge in [-0.3, -0.25) is 9.36 Å². The molecule has 6 nitrogen and oxygen atoms in total. The van der Waals surface area contributed by atoms with Crippen LogP contribution in [-0.2, 0) is 10.0 Å². The van der Waals surface area contributed by atoms with Crippen LogP contribution in [0.5, 0.6) is 0 Å². The number of nitrogens with zero attached hydrogens (tertiary/aromatic N) is 1. The van der Waals surface area contributed by atoms with Crippen molar-refractivity contribution in [1.29, 1.82) is 0 Å². The zero-order valence-corrected chi connectivity index (χ0v) is 15.3. The van der Waals surface area contributed by atoms with Crippen LogP contribution in [0.15, 0.2) is 52.2 Å². The lowest BCUT2D eigenvalue weighted by atomic mass is 10.2. The van der Waals surface area contributed by atoms with Gasteiger partial charge in [-0.1, -0.05) is 0 Å². The fraction of sp³-hybridized carbons (Fsp3) is 0. The van der Waals surface area contributed by atoms with Gasteiger partial charge in [0.1, 0.15) is 0 Å². The van der Waals surface area contributed by atoms with Crippen LogP contribution in [0.25, 0.3) is 16.6 Å². The van der Waals surface area contributed by atoms with Crippen molar-refractivity contribution < 1.29 is 8.42 Å². The normalized spacial score (nSPS) is 11.7. The molecule has 0 saturated carbocycles. The third-order valence-electron chi connectivity index (χ3n) is 3.28. The van der Waals surface area contributed by atoms with E-state index in [-0.39, 0.29) is 15.2 Å². The van der Waals surface area contributed by atoms with Gasteiger partial charge >= 0.3 is 0 Å². The fourth-order valence-electron chi connectivity index (χ4n) is 2.21. The molecule has 9 heteroatoms. The van der Waals surface area contributed by atoms with Crippen molar-refractivity contribution in [3.63, 3.8) is 0 Å². The molecule has 1 aromatic heterocycles. The first-order valence-electron chi connectivity index (χ1n) is 6.35. The molecular weight excluding hydrogens is 449 g/mol. The Morgan fingerprint density at radius 3 is 2.39 bits per heavy atom. The van der Waals surface area contributed by atoms with E-state index in [1.807, 2.05) is 6.07 Å². The largest absolute Gasteiger partial charge is 0.331 e. The molecule has 0 spiro atoms. The molecule has 1 heterocycles. The molecule has 118 valence electrons. The first kappa shape index (κ1) is 16.3. The van der Waals surface area contributed by atoms with E-state index < -0.39 is 10.0 Å². The quantitative estimate of drug-likeness (QED) is 0.454. The van der Waals surface area contributed by atoms with Gasteiger partial charge in [-0.25, -0.2) is 13.6 Å². The second kappa shape index (κ2) is 5.82. The van der Waals surface area contributed by atoms with Gasteiger partial charge in [0.25, 0.3) is 5.56 Å². The van der Waals surface area contributed by atoms with Crippen LogP contribution in [0.3, 0.4) is 0 Å². The van der Waals surface area contributed by atoms with Crippen LogP contribution in [-0.4, -0.2) is 18.0 Å². The van der Waals surface area contributed by atoms with Gasteiger partial charge < -0.3 is 4.98 Å². The summed E-state index contributed by atoms with van der Waals surface area (Å²) in [5, 5.41) is 5.57. The zero-order chi connectivity index (χ0) is 16.8. The molecular formula is C14H10IN3O3S2. The molecule has 0 fully saturated rings. The Balaban J connectivity index is 2.28. The first-order chi connectivity index (χ1) is 10.8. The topological polar surface area (TPSA) is 97.9 Å². The number of halogens is 1. The van der Waals surface area contributed by atoms with E-state index in [1.165, 1.54) is 28.8 Å². The number of aromatic nitrogens is 2. The molecule has 0 amide bonds. The number of primary sulfonamides is 1. The van der Waals surface area contributed by atoms with Crippen molar-refractivity contribution in [2.45, 2.75) is 4.90 Å². The summed E-state index contributed by atoms with van der Waals surface area (Å²) in [7, 11) is -3.78. The lowest BCUT2D eigenvalue weighted by Gasteiger charge is -2.09. The smallest absolute Gasteiger partial charge is 0.266 e. The molecule has 0 unspecified atom stereocenters. The maximum atomic E-state index is 12.7. The molecule has 23 heavy (non-hydrogen) atoms. The number of nitrogens with one attached hydrogen (secondary N) is 1. The highest BCUT2D eigenvalue weighted by molar-refractivity contribution is 14.1. The lowest BCUT2D eigenvalue weighted by Crippen LogP contribution is -2.21. The van der Waals surface area contributed by atoms with E-state index in [4.69, 9.17) is 17.4 Å². The van der Waals surface area contributed by atoms with E-state index in [1.54, 1.807) is 12.1 Å². The van der Waals surface area contributed by atoms with Crippen molar-refractivity contribution in [3.05, 3.63) is 61.2 Å². The number of benzene rings is 2. The number of sulfonamides is 1. The van der Waals surface area contributed by atoms with E-state index in [0.29, 0.717) is 16.6 Å². The molecule has 0 bridgehead atoms. The summed E-state index contributed by atoms with van der Waals surface area (Å²) in [6.07, 6.45) is 0. The summed E-state index contributed by atoms with van der Waals surface area (Å²) in [6.45, 7) is 0. The van der Waals surface area contributed by atoms with Crippen molar-refractivity contribution >= 4 is 55.7 Å². The molecule has 0 atom stereocenters. The Labute approximate surface area is 150 Å². The molecule has 2 aromatic carbocycles. The van der Waals surface area contributed by atoms with E-state index in [2.05, 4.69) is 27.6 Å². The number of hydrogen-bond donors (Lipinski definition) is 2. The number of aromatic amines is 1. The number of hydrogen-bond acceptors (Lipinski definition) is 4. The summed E-state index contributed by atoms with van der Waals surface area (Å²) in [4.78, 5) is 15.7. The maximum absolute atomic E-state index is 12.7. The number of H-pyrrole nitrogens is 1. The number of fused-ring (bicyclic) bond motifs is 1. The van der Waals surface area contributed by atoms with Gasteiger partial charge in [0.15, 0.2) is 4.77 Å². The third-order valence-corrected chi connectivity index (χ3v) is 5.17. The number of nitrogens with two attached hydrogens (primary N) is 1. The molecule has 0 radical (unpaired) electrons. The third kappa shape index (κ3) is 3.09. The van der Waals surface area contributed by atoms with Crippen LogP contribution in [0, 0.1) is 8.34 Å². The van der Waals surface area contributed by atoms with Gasteiger partial charge in [0.2, 0.25) is 10.0 Å². The Morgan fingerprint density at radius 2 is 1.78 bits per heavy atom. The Morgan fingerprint density at radius 1 is 1.13 bits per heavy atom. The van der Waals surface area contributed by atoms with Crippen molar-refractivity contribution in [2.24, 2.45) is 5.14 Å². The summed E-state index contributed by atoms with van der Waals surface area (Å²) < 4.78 is 25.1. The van der Waals surface area contributed by atoms with Gasteiger partial charge in [-0.2, -0.15) is 0 Å². The van der Waals surface area contributed by atoms with Gasteiger partial charge in [-0.05, 0) is 77.3 Å². The average molecular weight is 459 g/mol. The molecule has 3 rings (SSSR count). The van der Waals surface area contributed by atoms with E-state index in [9.17, 15) is 13.2 Å². The first-order valence-corrected chi connectivity index (χ1v) is 9.38. The van der Waals surface area contributed by atoms with Crippen LogP contribution < -0.4 is 10.7 Å². The fourth-order valence-corrected chi connectivity index (χ4v) is 3.51. The molecule has 0 aliphatic carbocycles.